The first-order chi connectivity index (χ1) is 10.1. The lowest BCUT2D eigenvalue weighted by molar-refractivity contribution is 0.274. The highest BCUT2D eigenvalue weighted by Crippen LogP contribution is 2.37. The van der Waals surface area contributed by atoms with Crippen LogP contribution in [0.3, 0.4) is 0 Å². The first-order valence-corrected chi connectivity index (χ1v) is 8.57. The number of halogens is 2. The van der Waals surface area contributed by atoms with E-state index in [4.69, 9.17) is 9.47 Å². The van der Waals surface area contributed by atoms with Gasteiger partial charge in [-0.1, -0.05) is 22.9 Å². The predicted molar refractivity (Wildman–Crippen MR) is 90.2 cm³/mol. The van der Waals surface area contributed by atoms with E-state index in [1.807, 2.05) is 23.9 Å². The lowest BCUT2D eigenvalue weighted by Gasteiger charge is -2.14. The summed E-state index contributed by atoms with van der Waals surface area (Å²) in [5.41, 5.74) is 3.22. The van der Waals surface area contributed by atoms with E-state index >= 15 is 0 Å². The Bertz CT molecular complexity index is 626. The molecule has 114 valence electrons. The van der Waals surface area contributed by atoms with Gasteiger partial charge in [-0.05, 0) is 46.1 Å². The van der Waals surface area contributed by atoms with Crippen molar-refractivity contribution in [1.29, 1.82) is 0 Å². The minimum absolute atomic E-state index is 0.451. The van der Waals surface area contributed by atoms with E-state index in [2.05, 4.69) is 49.9 Å². The molecule has 0 radical (unpaired) electrons. The molecule has 1 aromatic heterocycles. The smallest absolute Gasteiger partial charge is 0.175 e. The van der Waals surface area contributed by atoms with Gasteiger partial charge < -0.3 is 9.47 Å². The number of aryl methyl sites for hydroxylation is 2. The van der Waals surface area contributed by atoms with Crippen LogP contribution in [0.25, 0.3) is 0 Å². The van der Waals surface area contributed by atoms with E-state index in [1.165, 1.54) is 0 Å². The Morgan fingerprint density at radius 3 is 2.62 bits per heavy atom. The van der Waals surface area contributed by atoms with Crippen molar-refractivity contribution in [3.63, 3.8) is 0 Å². The molecule has 0 spiro atoms. The zero-order chi connectivity index (χ0) is 15.4. The van der Waals surface area contributed by atoms with Crippen molar-refractivity contribution in [1.82, 2.24) is 9.78 Å². The average Bonchev–Trinajstić information content (AvgIpc) is 2.85. The predicted octanol–water partition coefficient (Wildman–Crippen LogP) is 4.23. The third-order valence-electron chi connectivity index (χ3n) is 3.20. The van der Waals surface area contributed by atoms with Crippen molar-refractivity contribution in [2.75, 3.05) is 7.11 Å². The summed E-state index contributed by atoms with van der Waals surface area (Å²) in [5.74, 6) is 1.43. The zero-order valence-corrected chi connectivity index (χ0v) is 15.5. The third-order valence-corrected chi connectivity index (χ3v) is 4.43. The fraction of sp³-hybridized carbons (Fsp3) is 0.400. The van der Waals surface area contributed by atoms with Crippen LogP contribution in [0.1, 0.15) is 23.9 Å². The van der Waals surface area contributed by atoms with Crippen LogP contribution in [0.2, 0.25) is 0 Å². The molecule has 6 heteroatoms. The quantitative estimate of drug-likeness (QED) is 0.660. The maximum Gasteiger partial charge on any atom is 0.175 e. The van der Waals surface area contributed by atoms with Gasteiger partial charge in [0.15, 0.2) is 11.5 Å². The molecule has 2 rings (SSSR count). The summed E-state index contributed by atoms with van der Waals surface area (Å²) >= 11 is 6.99. The fourth-order valence-electron chi connectivity index (χ4n) is 2.02. The first kappa shape index (κ1) is 16.4. The van der Waals surface area contributed by atoms with Gasteiger partial charge >= 0.3 is 0 Å². The molecule has 0 amide bonds. The number of benzene rings is 1. The molecule has 0 aliphatic carbocycles. The zero-order valence-electron chi connectivity index (χ0n) is 12.3. The summed E-state index contributed by atoms with van der Waals surface area (Å²) in [4.78, 5) is 0. The molecule has 0 unspecified atom stereocenters. The SMILES string of the molecule is CCc1cc(COc2c(Br)cc(CBr)cc2OC)n(C)n1. The summed E-state index contributed by atoms with van der Waals surface area (Å²) in [6.07, 6.45) is 0.917. The highest BCUT2D eigenvalue weighted by molar-refractivity contribution is 9.10. The monoisotopic (exact) mass is 416 g/mol. The van der Waals surface area contributed by atoms with Crippen LogP contribution in [-0.4, -0.2) is 16.9 Å². The average molecular weight is 418 g/mol. The molecule has 0 aliphatic rings. The van der Waals surface area contributed by atoms with Gasteiger partial charge in [0, 0.05) is 12.4 Å². The molecule has 0 N–H and O–H groups in total. The molecule has 1 aromatic carbocycles. The van der Waals surface area contributed by atoms with Crippen LogP contribution in [0.15, 0.2) is 22.7 Å². The van der Waals surface area contributed by atoms with Gasteiger partial charge in [0.1, 0.15) is 6.61 Å². The Hall–Kier alpha value is -1.01. The number of rotatable bonds is 6. The molecule has 0 saturated heterocycles. The molecule has 0 bridgehead atoms. The summed E-state index contributed by atoms with van der Waals surface area (Å²) in [6.45, 7) is 2.54. The van der Waals surface area contributed by atoms with Crippen molar-refractivity contribution in [3.8, 4) is 11.5 Å². The van der Waals surface area contributed by atoms with Crippen LogP contribution >= 0.6 is 31.9 Å². The van der Waals surface area contributed by atoms with E-state index < -0.39 is 0 Å². The van der Waals surface area contributed by atoms with Crippen LogP contribution in [0.4, 0.5) is 0 Å². The van der Waals surface area contributed by atoms with Crippen molar-refractivity contribution >= 4 is 31.9 Å². The Morgan fingerprint density at radius 2 is 2.05 bits per heavy atom. The number of hydrogen-bond donors (Lipinski definition) is 0. The van der Waals surface area contributed by atoms with Crippen LogP contribution in [0, 0.1) is 0 Å². The van der Waals surface area contributed by atoms with Crippen LogP contribution in [-0.2, 0) is 25.4 Å². The number of nitrogens with zero attached hydrogens (tertiary/aromatic N) is 2. The topological polar surface area (TPSA) is 36.3 Å². The summed E-state index contributed by atoms with van der Waals surface area (Å²) in [6, 6.07) is 6.05. The van der Waals surface area contributed by atoms with Crippen molar-refractivity contribution < 1.29 is 9.47 Å². The van der Waals surface area contributed by atoms with Crippen molar-refractivity contribution in [2.45, 2.75) is 25.3 Å². The second-order valence-corrected chi connectivity index (χ2v) is 6.05. The van der Waals surface area contributed by atoms with Crippen molar-refractivity contribution in [2.24, 2.45) is 7.05 Å². The highest BCUT2D eigenvalue weighted by atomic mass is 79.9. The molecule has 0 saturated carbocycles. The second kappa shape index (κ2) is 7.31. The van der Waals surface area contributed by atoms with Crippen LogP contribution < -0.4 is 9.47 Å². The summed E-state index contributed by atoms with van der Waals surface area (Å²) in [7, 11) is 3.57. The highest BCUT2D eigenvalue weighted by Gasteiger charge is 2.13. The molecule has 1 heterocycles. The molecular weight excluding hydrogens is 400 g/mol. The standard InChI is InChI=1S/C15H18Br2N2O2/c1-4-11-7-12(19(2)18-11)9-21-15-13(17)5-10(8-16)6-14(15)20-3/h5-7H,4,8-9H2,1-3H3. The minimum Gasteiger partial charge on any atom is -0.493 e. The molecule has 0 atom stereocenters. The van der Waals surface area contributed by atoms with Gasteiger partial charge in [0.2, 0.25) is 0 Å². The van der Waals surface area contributed by atoms with Gasteiger partial charge in [0.05, 0.1) is 23.0 Å². The number of ether oxygens (including phenoxy) is 2. The van der Waals surface area contributed by atoms with Gasteiger partial charge in [0.25, 0.3) is 0 Å². The molecule has 4 nitrogen and oxygen atoms in total. The fourth-order valence-corrected chi connectivity index (χ4v) is 2.94. The second-order valence-electron chi connectivity index (χ2n) is 4.64. The van der Waals surface area contributed by atoms with E-state index in [0.29, 0.717) is 12.4 Å². The minimum atomic E-state index is 0.451. The largest absolute Gasteiger partial charge is 0.493 e. The summed E-state index contributed by atoms with van der Waals surface area (Å²) < 4.78 is 14.1. The van der Waals surface area contributed by atoms with Crippen LogP contribution in [0.5, 0.6) is 11.5 Å². The maximum atomic E-state index is 5.94. The maximum absolute atomic E-state index is 5.94. The van der Waals surface area contributed by atoms with E-state index in [9.17, 15) is 0 Å². The number of aromatic nitrogens is 2. The third kappa shape index (κ3) is 3.80. The molecule has 2 aromatic rings. The molecule has 21 heavy (non-hydrogen) atoms. The molecular formula is C15H18Br2N2O2. The lowest BCUT2D eigenvalue weighted by atomic mass is 10.2. The number of methoxy groups -OCH3 is 1. The lowest BCUT2D eigenvalue weighted by Crippen LogP contribution is -2.04. The Kier molecular flexibility index (Phi) is 5.70. The first-order valence-electron chi connectivity index (χ1n) is 6.66. The van der Waals surface area contributed by atoms with Gasteiger partial charge in [-0.15, -0.1) is 0 Å². The van der Waals surface area contributed by atoms with Gasteiger partial charge in [-0.2, -0.15) is 5.10 Å². The van der Waals surface area contributed by atoms with E-state index in [-0.39, 0.29) is 0 Å². The van der Waals surface area contributed by atoms with Gasteiger partial charge in [-0.3, -0.25) is 4.68 Å². The summed E-state index contributed by atoms with van der Waals surface area (Å²) in [5, 5.41) is 5.19. The Morgan fingerprint density at radius 1 is 1.29 bits per heavy atom. The molecule has 0 aliphatic heterocycles. The Labute approximate surface area is 141 Å². The molecule has 0 fully saturated rings. The van der Waals surface area contributed by atoms with E-state index in [0.717, 1.165) is 38.9 Å². The normalized spacial score (nSPS) is 10.7. The number of alkyl halides is 1. The van der Waals surface area contributed by atoms with Crippen molar-refractivity contribution in [3.05, 3.63) is 39.6 Å². The Balaban J connectivity index is 2.21. The number of hydrogen-bond acceptors (Lipinski definition) is 3. The van der Waals surface area contributed by atoms with E-state index in [1.54, 1.807) is 7.11 Å². The van der Waals surface area contributed by atoms with Gasteiger partial charge in [-0.25, -0.2) is 0 Å².